The molecule has 0 radical (unpaired) electrons. The summed E-state index contributed by atoms with van der Waals surface area (Å²) in [4.78, 5) is 14.5. The zero-order valence-corrected chi connectivity index (χ0v) is 15.5. The third-order valence-electron chi connectivity index (χ3n) is 4.63. The lowest BCUT2D eigenvalue weighted by atomic mass is 10.1. The van der Waals surface area contributed by atoms with Gasteiger partial charge in [-0.2, -0.15) is 0 Å². The highest BCUT2D eigenvalue weighted by Crippen LogP contribution is 2.24. The van der Waals surface area contributed by atoms with Gasteiger partial charge < -0.3 is 5.32 Å². The fourth-order valence-corrected chi connectivity index (χ4v) is 5.77. The Balaban J connectivity index is 1.66. The van der Waals surface area contributed by atoms with Crippen LogP contribution in [0, 0.1) is 0 Å². The number of rotatable bonds is 4. The van der Waals surface area contributed by atoms with Crippen LogP contribution in [0.15, 0.2) is 18.2 Å². The Morgan fingerprint density at radius 3 is 2.54 bits per heavy atom. The number of carbonyl (C=O) groups is 1. The average molecular weight is 391 g/mol. The molecule has 0 aliphatic carbocycles. The smallest absolute Gasteiger partial charge is 0.224 e. The number of carbonyl (C=O) groups excluding carboxylic acids is 1. The number of hydrogen-bond acceptors (Lipinski definition) is 4. The third-order valence-corrected chi connectivity index (χ3v) is 7.08. The molecule has 2 unspecified atom stereocenters. The van der Waals surface area contributed by atoms with E-state index in [0.717, 1.165) is 31.5 Å². The molecular weight excluding hydrogens is 371 g/mol. The molecule has 8 heteroatoms. The molecule has 24 heavy (non-hydrogen) atoms. The number of likely N-dealkylation sites (tertiary alicyclic amines) is 1. The monoisotopic (exact) mass is 390 g/mol. The summed E-state index contributed by atoms with van der Waals surface area (Å²) in [5, 5.41) is 3.75. The molecule has 1 amide bonds. The van der Waals surface area contributed by atoms with Crippen LogP contribution >= 0.6 is 23.2 Å². The fraction of sp³-hybridized carbons (Fsp3) is 0.562. The maximum absolute atomic E-state index is 12.3. The number of amides is 1. The number of nitrogens with zero attached hydrogens (tertiary/aromatic N) is 1. The summed E-state index contributed by atoms with van der Waals surface area (Å²) in [6.07, 6.45) is 2.32. The third kappa shape index (κ3) is 4.23. The van der Waals surface area contributed by atoms with Gasteiger partial charge in [0.1, 0.15) is 0 Å². The van der Waals surface area contributed by atoms with Gasteiger partial charge in [0.25, 0.3) is 0 Å². The Hall–Kier alpha value is -0.820. The van der Waals surface area contributed by atoms with Crippen molar-refractivity contribution in [1.82, 2.24) is 10.2 Å². The summed E-state index contributed by atoms with van der Waals surface area (Å²) in [6.45, 7) is 1.80. The van der Waals surface area contributed by atoms with Crippen molar-refractivity contribution in [3.8, 4) is 0 Å². The van der Waals surface area contributed by atoms with Crippen molar-refractivity contribution in [3.05, 3.63) is 33.8 Å². The van der Waals surface area contributed by atoms with E-state index in [0.29, 0.717) is 10.0 Å². The normalized spacial score (nSPS) is 26.6. The molecule has 132 valence electrons. The fourth-order valence-electron chi connectivity index (χ4n) is 3.49. The van der Waals surface area contributed by atoms with E-state index in [2.05, 4.69) is 10.2 Å². The van der Waals surface area contributed by atoms with Crippen molar-refractivity contribution in [3.63, 3.8) is 0 Å². The van der Waals surface area contributed by atoms with Crippen LogP contribution in [0.2, 0.25) is 10.0 Å². The molecule has 1 N–H and O–H groups in total. The van der Waals surface area contributed by atoms with Gasteiger partial charge in [-0.3, -0.25) is 9.69 Å². The van der Waals surface area contributed by atoms with E-state index >= 15 is 0 Å². The SMILES string of the molecule is O=C(Cc1ccc(Cl)c(Cl)c1)NC1CS(=O)(=O)CC1N1CCCC1. The minimum atomic E-state index is -3.11. The van der Waals surface area contributed by atoms with E-state index in [1.807, 2.05) is 0 Å². The summed E-state index contributed by atoms with van der Waals surface area (Å²) in [5.41, 5.74) is 0.750. The van der Waals surface area contributed by atoms with Crippen molar-refractivity contribution in [1.29, 1.82) is 0 Å². The van der Waals surface area contributed by atoms with Crippen LogP contribution in [0.5, 0.6) is 0 Å². The van der Waals surface area contributed by atoms with Crippen molar-refractivity contribution in [2.75, 3.05) is 24.6 Å². The lowest BCUT2D eigenvalue weighted by molar-refractivity contribution is -0.121. The van der Waals surface area contributed by atoms with Gasteiger partial charge in [0.15, 0.2) is 9.84 Å². The quantitative estimate of drug-likeness (QED) is 0.852. The van der Waals surface area contributed by atoms with E-state index in [-0.39, 0.29) is 35.9 Å². The molecular formula is C16H20Cl2N2O3S. The van der Waals surface area contributed by atoms with Crippen LogP contribution in [0.25, 0.3) is 0 Å². The van der Waals surface area contributed by atoms with Gasteiger partial charge in [0.2, 0.25) is 5.91 Å². The van der Waals surface area contributed by atoms with Crippen molar-refractivity contribution < 1.29 is 13.2 Å². The Morgan fingerprint density at radius 1 is 1.17 bits per heavy atom. The van der Waals surface area contributed by atoms with Crippen LogP contribution < -0.4 is 5.32 Å². The summed E-state index contributed by atoms with van der Waals surface area (Å²) in [7, 11) is -3.11. The molecule has 0 bridgehead atoms. The van der Waals surface area contributed by atoms with E-state index in [1.165, 1.54) is 0 Å². The second-order valence-electron chi connectivity index (χ2n) is 6.49. The molecule has 2 atom stereocenters. The van der Waals surface area contributed by atoms with Gasteiger partial charge in [0.05, 0.1) is 34.0 Å². The molecule has 3 rings (SSSR count). The lowest BCUT2D eigenvalue weighted by Crippen LogP contribution is -2.50. The molecule has 1 aromatic rings. The predicted molar refractivity (Wildman–Crippen MR) is 95.3 cm³/mol. The summed E-state index contributed by atoms with van der Waals surface area (Å²) >= 11 is 11.8. The molecule has 2 aliphatic rings. The van der Waals surface area contributed by atoms with E-state index in [4.69, 9.17) is 23.2 Å². The number of nitrogens with one attached hydrogen (secondary N) is 1. The van der Waals surface area contributed by atoms with Crippen LogP contribution in [0.1, 0.15) is 18.4 Å². The Kier molecular flexibility index (Phi) is 5.39. The summed E-state index contributed by atoms with van der Waals surface area (Å²) < 4.78 is 24.0. The van der Waals surface area contributed by atoms with Gasteiger partial charge >= 0.3 is 0 Å². The molecule has 2 saturated heterocycles. The molecule has 2 aliphatic heterocycles. The van der Waals surface area contributed by atoms with E-state index < -0.39 is 9.84 Å². The molecule has 5 nitrogen and oxygen atoms in total. The topological polar surface area (TPSA) is 66.5 Å². The number of benzene rings is 1. The maximum atomic E-state index is 12.3. The van der Waals surface area contributed by atoms with Crippen LogP contribution in [0.3, 0.4) is 0 Å². The minimum absolute atomic E-state index is 0.0152. The molecule has 2 fully saturated rings. The first-order valence-corrected chi connectivity index (χ1v) is 10.6. The van der Waals surface area contributed by atoms with Gasteiger partial charge in [-0.15, -0.1) is 0 Å². The Morgan fingerprint density at radius 2 is 1.88 bits per heavy atom. The zero-order chi connectivity index (χ0) is 17.3. The predicted octanol–water partition coefficient (Wildman–Crippen LogP) is 1.91. The highest BCUT2D eigenvalue weighted by molar-refractivity contribution is 7.91. The Bertz CT molecular complexity index is 733. The summed E-state index contributed by atoms with van der Waals surface area (Å²) in [5.74, 6) is -0.0499. The van der Waals surface area contributed by atoms with Crippen LogP contribution in [0.4, 0.5) is 0 Å². The average Bonchev–Trinajstić information content (AvgIpc) is 3.10. The van der Waals surface area contributed by atoms with Gasteiger partial charge in [0, 0.05) is 6.04 Å². The first kappa shape index (κ1) is 18.0. The highest BCUT2D eigenvalue weighted by Gasteiger charge is 2.42. The van der Waals surface area contributed by atoms with E-state index in [1.54, 1.807) is 18.2 Å². The highest BCUT2D eigenvalue weighted by atomic mass is 35.5. The Labute approximate surface area is 152 Å². The number of halogens is 2. The van der Waals surface area contributed by atoms with Crippen molar-refractivity contribution >= 4 is 38.9 Å². The minimum Gasteiger partial charge on any atom is -0.350 e. The second-order valence-corrected chi connectivity index (χ2v) is 9.45. The first-order chi connectivity index (χ1) is 11.3. The molecule has 0 aromatic heterocycles. The standard InChI is InChI=1S/C16H20Cl2N2O3S/c17-12-4-3-11(7-13(12)18)8-16(21)19-14-9-24(22,23)10-15(14)20-5-1-2-6-20/h3-4,7,14-15H,1-2,5-6,8-10H2,(H,19,21). The first-order valence-electron chi connectivity index (χ1n) is 8.02. The molecule has 0 spiro atoms. The van der Waals surface area contributed by atoms with Crippen molar-refractivity contribution in [2.45, 2.75) is 31.3 Å². The zero-order valence-electron chi connectivity index (χ0n) is 13.2. The number of hydrogen-bond donors (Lipinski definition) is 1. The summed E-state index contributed by atoms with van der Waals surface area (Å²) in [6, 6.07) is 4.60. The molecule has 0 saturated carbocycles. The van der Waals surface area contributed by atoms with Crippen LogP contribution in [-0.2, 0) is 21.1 Å². The molecule has 2 heterocycles. The largest absolute Gasteiger partial charge is 0.350 e. The molecule has 1 aromatic carbocycles. The van der Waals surface area contributed by atoms with Crippen LogP contribution in [-0.4, -0.2) is 55.9 Å². The van der Waals surface area contributed by atoms with Gasteiger partial charge in [-0.05, 0) is 43.6 Å². The maximum Gasteiger partial charge on any atom is 0.224 e. The lowest BCUT2D eigenvalue weighted by Gasteiger charge is -2.28. The second kappa shape index (κ2) is 7.20. The van der Waals surface area contributed by atoms with Crippen molar-refractivity contribution in [2.24, 2.45) is 0 Å². The number of sulfone groups is 1. The van der Waals surface area contributed by atoms with Gasteiger partial charge in [-0.25, -0.2) is 8.42 Å². The van der Waals surface area contributed by atoms with E-state index in [9.17, 15) is 13.2 Å². The van der Waals surface area contributed by atoms with Gasteiger partial charge in [-0.1, -0.05) is 29.3 Å².